The maximum absolute atomic E-state index is 5.56. The average Bonchev–Trinajstić information content (AvgIpc) is 2.89. The lowest BCUT2D eigenvalue weighted by atomic mass is 10.1. The number of benzene rings is 1. The average molecular weight is 263 g/mol. The molecule has 0 fully saturated rings. The quantitative estimate of drug-likeness (QED) is 0.884. The Balaban J connectivity index is 2.37. The van der Waals surface area contributed by atoms with E-state index in [9.17, 15) is 0 Å². The molecule has 1 aromatic carbocycles. The van der Waals surface area contributed by atoms with Gasteiger partial charge in [-0.15, -0.1) is 0 Å². The Hall–Kier alpha value is -1.92. The van der Waals surface area contributed by atoms with Crippen LogP contribution in [-0.4, -0.2) is 30.9 Å². The van der Waals surface area contributed by atoms with Gasteiger partial charge in [0.05, 0.1) is 12.7 Å². The smallest absolute Gasteiger partial charge is 0.257 e. The molecule has 1 atom stereocenters. The summed E-state index contributed by atoms with van der Waals surface area (Å²) in [6.45, 7) is 2.27. The summed E-state index contributed by atoms with van der Waals surface area (Å²) in [4.78, 5) is 4.30. The maximum atomic E-state index is 5.56. The molecule has 6 nitrogen and oxygen atoms in total. The number of ether oxygens (including phenoxy) is 2. The van der Waals surface area contributed by atoms with Crippen LogP contribution >= 0.6 is 0 Å². The Morgan fingerprint density at radius 2 is 2.16 bits per heavy atom. The fraction of sp³-hybridized carbons (Fsp3) is 0.385. The molecule has 2 rings (SSSR count). The van der Waals surface area contributed by atoms with Crippen LogP contribution in [0.2, 0.25) is 0 Å². The van der Waals surface area contributed by atoms with Gasteiger partial charge in [0.25, 0.3) is 5.89 Å². The van der Waals surface area contributed by atoms with Crippen LogP contribution in [0.25, 0.3) is 11.4 Å². The van der Waals surface area contributed by atoms with Crippen molar-refractivity contribution in [2.75, 3.05) is 20.8 Å². The minimum atomic E-state index is -0.391. The molecule has 19 heavy (non-hydrogen) atoms. The summed E-state index contributed by atoms with van der Waals surface area (Å²) in [5, 5.41) is 3.94. The molecule has 1 unspecified atom stereocenters. The van der Waals surface area contributed by atoms with Crippen LogP contribution in [-0.2, 0) is 4.74 Å². The first kappa shape index (κ1) is 13.5. The number of hydrogen-bond acceptors (Lipinski definition) is 6. The Labute approximate surface area is 111 Å². The van der Waals surface area contributed by atoms with Crippen molar-refractivity contribution in [2.24, 2.45) is 5.73 Å². The van der Waals surface area contributed by atoms with Gasteiger partial charge in [0.2, 0.25) is 5.82 Å². The summed E-state index contributed by atoms with van der Waals surface area (Å²) in [6.07, 6.45) is -0.391. The standard InChI is InChI=1S/C13H17N3O3/c1-8-4-5-9(10(6-8)17-2)12-15-13(19-16-12)11(7-14)18-3/h4-6,11H,7,14H2,1-3H3. The summed E-state index contributed by atoms with van der Waals surface area (Å²) in [7, 11) is 3.16. The third kappa shape index (κ3) is 2.74. The molecule has 0 aliphatic rings. The van der Waals surface area contributed by atoms with E-state index in [4.69, 9.17) is 19.7 Å². The number of nitrogens with zero attached hydrogens (tertiary/aromatic N) is 2. The number of aryl methyl sites for hydroxylation is 1. The van der Waals surface area contributed by atoms with Gasteiger partial charge in [-0.2, -0.15) is 4.98 Å². The summed E-state index contributed by atoms with van der Waals surface area (Å²) < 4.78 is 15.7. The predicted octanol–water partition coefficient (Wildman–Crippen LogP) is 1.70. The third-order valence-electron chi connectivity index (χ3n) is 2.81. The Morgan fingerprint density at radius 1 is 1.37 bits per heavy atom. The lowest BCUT2D eigenvalue weighted by Crippen LogP contribution is -2.14. The fourth-order valence-electron chi connectivity index (χ4n) is 1.76. The molecule has 0 bridgehead atoms. The minimum Gasteiger partial charge on any atom is -0.496 e. The zero-order chi connectivity index (χ0) is 13.8. The van der Waals surface area contributed by atoms with E-state index in [-0.39, 0.29) is 6.54 Å². The van der Waals surface area contributed by atoms with Crippen molar-refractivity contribution in [3.8, 4) is 17.1 Å². The van der Waals surface area contributed by atoms with Gasteiger partial charge in [-0.1, -0.05) is 11.2 Å². The van der Waals surface area contributed by atoms with Gasteiger partial charge in [-0.05, 0) is 24.6 Å². The highest BCUT2D eigenvalue weighted by Gasteiger charge is 2.19. The first-order chi connectivity index (χ1) is 9.19. The highest BCUT2D eigenvalue weighted by Crippen LogP contribution is 2.29. The number of hydrogen-bond donors (Lipinski definition) is 1. The molecule has 2 N–H and O–H groups in total. The van der Waals surface area contributed by atoms with E-state index in [1.54, 1.807) is 14.2 Å². The zero-order valence-electron chi connectivity index (χ0n) is 11.2. The Kier molecular flexibility index (Phi) is 4.13. The topological polar surface area (TPSA) is 83.4 Å². The van der Waals surface area contributed by atoms with E-state index >= 15 is 0 Å². The molecule has 1 aromatic heterocycles. The van der Waals surface area contributed by atoms with E-state index < -0.39 is 6.10 Å². The van der Waals surface area contributed by atoms with Crippen molar-refractivity contribution in [2.45, 2.75) is 13.0 Å². The molecule has 0 aliphatic carbocycles. The molecular formula is C13H17N3O3. The van der Waals surface area contributed by atoms with Gasteiger partial charge in [-0.3, -0.25) is 0 Å². The van der Waals surface area contributed by atoms with E-state index in [0.717, 1.165) is 11.1 Å². The highest BCUT2D eigenvalue weighted by atomic mass is 16.5. The van der Waals surface area contributed by atoms with Crippen LogP contribution in [0.4, 0.5) is 0 Å². The Bertz CT molecular complexity index is 550. The monoisotopic (exact) mass is 263 g/mol. The van der Waals surface area contributed by atoms with E-state index in [1.807, 2.05) is 25.1 Å². The highest BCUT2D eigenvalue weighted by molar-refractivity contribution is 5.64. The molecule has 2 aromatic rings. The molecule has 1 heterocycles. The van der Waals surface area contributed by atoms with Gasteiger partial charge >= 0.3 is 0 Å². The van der Waals surface area contributed by atoms with Crippen molar-refractivity contribution in [3.05, 3.63) is 29.7 Å². The normalized spacial score (nSPS) is 12.4. The summed E-state index contributed by atoms with van der Waals surface area (Å²) in [5.74, 6) is 1.53. The Morgan fingerprint density at radius 3 is 2.79 bits per heavy atom. The fourth-order valence-corrected chi connectivity index (χ4v) is 1.76. The minimum absolute atomic E-state index is 0.281. The molecule has 0 spiro atoms. The van der Waals surface area contributed by atoms with Gasteiger partial charge < -0.3 is 19.7 Å². The summed E-state index contributed by atoms with van der Waals surface area (Å²) in [5.41, 5.74) is 7.43. The molecule has 6 heteroatoms. The van der Waals surface area contributed by atoms with Gasteiger partial charge in [-0.25, -0.2) is 0 Å². The van der Waals surface area contributed by atoms with Crippen LogP contribution in [0.5, 0.6) is 5.75 Å². The molecule has 0 radical (unpaired) electrons. The first-order valence-corrected chi connectivity index (χ1v) is 5.91. The van der Waals surface area contributed by atoms with Crippen molar-refractivity contribution in [1.29, 1.82) is 0 Å². The largest absolute Gasteiger partial charge is 0.496 e. The van der Waals surface area contributed by atoms with Crippen LogP contribution in [0.15, 0.2) is 22.7 Å². The molecule has 102 valence electrons. The second-order valence-electron chi connectivity index (χ2n) is 4.12. The lowest BCUT2D eigenvalue weighted by molar-refractivity contribution is 0.0804. The molecule has 0 aliphatic heterocycles. The molecule has 0 saturated carbocycles. The molecule has 0 saturated heterocycles. The maximum Gasteiger partial charge on any atom is 0.257 e. The van der Waals surface area contributed by atoms with Crippen molar-refractivity contribution in [3.63, 3.8) is 0 Å². The van der Waals surface area contributed by atoms with Crippen LogP contribution < -0.4 is 10.5 Å². The number of nitrogens with two attached hydrogens (primary N) is 1. The SMILES string of the molecule is COc1cc(C)ccc1-c1noc(C(CN)OC)n1. The summed E-state index contributed by atoms with van der Waals surface area (Å²) >= 11 is 0. The van der Waals surface area contributed by atoms with Crippen LogP contribution in [0, 0.1) is 6.92 Å². The van der Waals surface area contributed by atoms with E-state index in [2.05, 4.69) is 10.1 Å². The van der Waals surface area contributed by atoms with E-state index in [1.165, 1.54) is 0 Å². The first-order valence-electron chi connectivity index (χ1n) is 5.91. The van der Waals surface area contributed by atoms with Gasteiger partial charge in [0.15, 0.2) is 0 Å². The van der Waals surface area contributed by atoms with Crippen molar-refractivity contribution in [1.82, 2.24) is 10.1 Å². The van der Waals surface area contributed by atoms with Crippen LogP contribution in [0.3, 0.4) is 0 Å². The zero-order valence-corrected chi connectivity index (χ0v) is 11.2. The second kappa shape index (κ2) is 5.81. The second-order valence-corrected chi connectivity index (χ2v) is 4.12. The van der Waals surface area contributed by atoms with Gasteiger partial charge in [0.1, 0.15) is 11.9 Å². The third-order valence-corrected chi connectivity index (χ3v) is 2.81. The number of aromatic nitrogens is 2. The van der Waals surface area contributed by atoms with Crippen molar-refractivity contribution >= 4 is 0 Å². The predicted molar refractivity (Wildman–Crippen MR) is 69.8 cm³/mol. The number of rotatable bonds is 5. The van der Waals surface area contributed by atoms with Gasteiger partial charge in [0, 0.05) is 13.7 Å². The lowest BCUT2D eigenvalue weighted by Gasteiger charge is -2.06. The van der Waals surface area contributed by atoms with E-state index in [0.29, 0.717) is 17.5 Å². The molecule has 0 amide bonds. The van der Waals surface area contributed by atoms with Crippen molar-refractivity contribution < 1.29 is 14.0 Å². The molecular weight excluding hydrogens is 246 g/mol. The summed E-state index contributed by atoms with van der Waals surface area (Å²) in [6, 6.07) is 5.78. The van der Waals surface area contributed by atoms with Crippen LogP contribution in [0.1, 0.15) is 17.6 Å². The number of methoxy groups -OCH3 is 2.